The average Bonchev–Trinajstić information content (AvgIpc) is 2.62. The first kappa shape index (κ1) is 18.8. The maximum atomic E-state index is 12.8. The number of benzene rings is 1. The van der Waals surface area contributed by atoms with E-state index in [1.165, 1.54) is 6.07 Å². The zero-order valence-electron chi connectivity index (χ0n) is 13.9. The first-order valence-corrected chi connectivity index (χ1v) is 8.12. The standard InChI is InChI=1S/C19H11ClF3N3O/c1-10-2-3-11-6-12(4-5-16(11)26-10)18(27)14(8-24)17-15(20)7-13(9-25-17)19(21,22)23/h2-7,9,14H,1H3/t14-/m1/s1. The summed E-state index contributed by atoms with van der Waals surface area (Å²) in [5, 5.41) is 9.73. The van der Waals surface area contributed by atoms with Crippen molar-refractivity contribution in [3.63, 3.8) is 0 Å². The lowest BCUT2D eigenvalue weighted by Gasteiger charge is -2.12. The van der Waals surface area contributed by atoms with Gasteiger partial charge in [-0.2, -0.15) is 18.4 Å². The number of nitrogens with zero attached hydrogens (tertiary/aromatic N) is 3. The highest BCUT2D eigenvalue weighted by Crippen LogP contribution is 2.33. The lowest BCUT2D eigenvalue weighted by Crippen LogP contribution is -2.15. The molecule has 0 aliphatic rings. The Bertz CT molecular complexity index is 1090. The molecule has 1 atom stereocenters. The average molecular weight is 390 g/mol. The van der Waals surface area contributed by atoms with Gasteiger partial charge in [-0.3, -0.25) is 14.8 Å². The number of carbonyl (C=O) groups is 1. The monoisotopic (exact) mass is 389 g/mol. The molecule has 0 fully saturated rings. The fourth-order valence-electron chi connectivity index (χ4n) is 2.61. The molecule has 0 aliphatic heterocycles. The number of alkyl halides is 3. The number of hydrogen-bond donors (Lipinski definition) is 0. The number of hydrogen-bond acceptors (Lipinski definition) is 4. The molecule has 8 heteroatoms. The third-order valence-electron chi connectivity index (χ3n) is 3.97. The first-order chi connectivity index (χ1) is 12.7. The fourth-order valence-corrected chi connectivity index (χ4v) is 2.88. The van der Waals surface area contributed by atoms with Gasteiger partial charge in [0.15, 0.2) is 11.7 Å². The zero-order valence-corrected chi connectivity index (χ0v) is 14.6. The highest BCUT2D eigenvalue weighted by molar-refractivity contribution is 6.31. The highest BCUT2D eigenvalue weighted by Gasteiger charge is 2.33. The van der Waals surface area contributed by atoms with Gasteiger partial charge in [0.05, 0.1) is 27.9 Å². The smallest absolute Gasteiger partial charge is 0.292 e. The summed E-state index contributed by atoms with van der Waals surface area (Å²) in [6, 6.07) is 10.7. The number of halogens is 4. The maximum Gasteiger partial charge on any atom is 0.417 e. The van der Waals surface area contributed by atoms with Crippen LogP contribution in [0.2, 0.25) is 5.02 Å². The van der Waals surface area contributed by atoms with Crippen molar-refractivity contribution in [2.75, 3.05) is 0 Å². The van der Waals surface area contributed by atoms with Gasteiger partial charge in [0.25, 0.3) is 0 Å². The van der Waals surface area contributed by atoms with Crippen LogP contribution in [-0.4, -0.2) is 15.8 Å². The number of nitriles is 1. The molecule has 2 aromatic heterocycles. The molecule has 1 aromatic carbocycles. The van der Waals surface area contributed by atoms with Crippen molar-refractivity contribution in [2.24, 2.45) is 0 Å². The van der Waals surface area contributed by atoms with Crippen LogP contribution in [0.5, 0.6) is 0 Å². The lowest BCUT2D eigenvalue weighted by atomic mass is 9.94. The molecule has 136 valence electrons. The number of aromatic nitrogens is 2. The summed E-state index contributed by atoms with van der Waals surface area (Å²) in [4.78, 5) is 20.7. The molecule has 27 heavy (non-hydrogen) atoms. The first-order valence-electron chi connectivity index (χ1n) is 7.74. The molecule has 0 aliphatic carbocycles. The van der Waals surface area contributed by atoms with Crippen LogP contribution in [0.25, 0.3) is 10.9 Å². The quantitative estimate of drug-likeness (QED) is 0.584. The van der Waals surface area contributed by atoms with Gasteiger partial charge in [0.1, 0.15) is 0 Å². The van der Waals surface area contributed by atoms with E-state index in [0.717, 1.165) is 5.69 Å². The molecular weight excluding hydrogens is 379 g/mol. The van der Waals surface area contributed by atoms with E-state index in [9.17, 15) is 23.2 Å². The summed E-state index contributed by atoms with van der Waals surface area (Å²) in [6.07, 6.45) is -4.06. The molecule has 2 heterocycles. The molecule has 0 N–H and O–H groups in total. The van der Waals surface area contributed by atoms with Crippen molar-refractivity contribution in [3.8, 4) is 6.07 Å². The summed E-state index contributed by atoms with van der Waals surface area (Å²) in [7, 11) is 0. The molecule has 0 amide bonds. The van der Waals surface area contributed by atoms with Crippen molar-refractivity contribution in [1.29, 1.82) is 5.26 Å². The number of carbonyl (C=O) groups excluding carboxylic acids is 1. The number of aryl methyl sites for hydroxylation is 1. The molecule has 3 rings (SSSR count). The van der Waals surface area contributed by atoms with Crippen molar-refractivity contribution >= 4 is 28.3 Å². The van der Waals surface area contributed by atoms with Crippen LogP contribution in [0, 0.1) is 18.3 Å². The van der Waals surface area contributed by atoms with Gasteiger partial charge in [-0.25, -0.2) is 0 Å². The van der Waals surface area contributed by atoms with E-state index < -0.39 is 23.4 Å². The summed E-state index contributed by atoms with van der Waals surface area (Å²) < 4.78 is 38.2. The fraction of sp³-hybridized carbons (Fsp3) is 0.158. The highest BCUT2D eigenvalue weighted by atomic mass is 35.5. The van der Waals surface area contributed by atoms with E-state index >= 15 is 0 Å². The van der Waals surface area contributed by atoms with E-state index in [4.69, 9.17) is 11.6 Å². The van der Waals surface area contributed by atoms with Crippen LogP contribution in [0.15, 0.2) is 42.6 Å². The normalized spacial score (nSPS) is 12.6. The molecule has 0 bridgehead atoms. The van der Waals surface area contributed by atoms with E-state index in [1.54, 1.807) is 30.3 Å². The van der Waals surface area contributed by atoms with Crippen LogP contribution in [0.4, 0.5) is 13.2 Å². The lowest BCUT2D eigenvalue weighted by molar-refractivity contribution is -0.137. The third-order valence-corrected chi connectivity index (χ3v) is 4.28. The van der Waals surface area contributed by atoms with Gasteiger partial charge in [-0.15, -0.1) is 0 Å². The Morgan fingerprint density at radius 2 is 1.96 bits per heavy atom. The van der Waals surface area contributed by atoms with Crippen molar-refractivity contribution < 1.29 is 18.0 Å². The van der Waals surface area contributed by atoms with Gasteiger partial charge in [-0.05, 0) is 37.3 Å². The van der Waals surface area contributed by atoms with Crippen molar-refractivity contribution in [2.45, 2.75) is 19.0 Å². The van der Waals surface area contributed by atoms with E-state index in [1.807, 2.05) is 6.92 Å². The number of ketones is 1. The molecule has 0 unspecified atom stereocenters. The Hall–Kier alpha value is -2.98. The van der Waals surface area contributed by atoms with Gasteiger partial charge in [0, 0.05) is 22.8 Å². The molecule has 0 radical (unpaired) electrons. The largest absolute Gasteiger partial charge is 0.417 e. The second kappa shape index (κ2) is 6.97. The summed E-state index contributed by atoms with van der Waals surface area (Å²) in [6.45, 7) is 1.84. The molecule has 3 aromatic rings. The number of pyridine rings is 2. The van der Waals surface area contributed by atoms with E-state index in [0.29, 0.717) is 23.2 Å². The number of fused-ring (bicyclic) bond motifs is 1. The van der Waals surface area contributed by atoms with Crippen LogP contribution in [-0.2, 0) is 6.18 Å². The van der Waals surface area contributed by atoms with Crippen molar-refractivity contribution in [3.05, 3.63) is 70.1 Å². The van der Waals surface area contributed by atoms with E-state index in [2.05, 4.69) is 9.97 Å². The molecule has 0 saturated heterocycles. The molecule has 0 saturated carbocycles. The molecule has 0 spiro atoms. The molecule has 4 nitrogen and oxygen atoms in total. The Balaban J connectivity index is 2.00. The predicted molar refractivity (Wildman–Crippen MR) is 93.4 cm³/mol. The predicted octanol–water partition coefficient (Wildman–Crippen LogP) is 5.10. The SMILES string of the molecule is Cc1ccc2cc(C(=O)[C@H](C#N)c3ncc(C(F)(F)F)cc3Cl)ccc2n1. The molecular formula is C19H11ClF3N3O. The second-order valence-corrected chi connectivity index (χ2v) is 6.28. The van der Waals surface area contributed by atoms with Crippen LogP contribution in [0.3, 0.4) is 0 Å². The summed E-state index contributed by atoms with van der Waals surface area (Å²) in [5.41, 5.74) is 0.465. The van der Waals surface area contributed by atoms with Crippen LogP contribution >= 0.6 is 11.6 Å². The summed E-state index contributed by atoms with van der Waals surface area (Å²) in [5.74, 6) is -2.02. The van der Waals surface area contributed by atoms with Gasteiger partial charge >= 0.3 is 6.18 Å². The topological polar surface area (TPSA) is 66.6 Å². The van der Waals surface area contributed by atoms with Gasteiger partial charge in [-0.1, -0.05) is 17.7 Å². The number of rotatable bonds is 3. The Kier molecular flexibility index (Phi) is 4.85. The zero-order chi connectivity index (χ0) is 19.8. The summed E-state index contributed by atoms with van der Waals surface area (Å²) >= 11 is 5.88. The van der Waals surface area contributed by atoms with Gasteiger partial charge in [0.2, 0.25) is 0 Å². The van der Waals surface area contributed by atoms with Crippen molar-refractivity contribution in [1.82, 2.24) is 9.97 Å². The van der Waals surface area contributed by atoms with Crippen LogP contribution in [0.1, 0.15) is 33.2 Å². The minimum atomic E-state index is -4.62. The minimum Gasteiger partial charge on any atom is -0.292 e. The maximum absolute atomic E-state index is 12.8. The Morgan fingerprint density at radius 1 is 1.22 bits per heavy atom. The van der Waals surface area contributed by atoms with Crippen LogP contribution < -0.4 is 0 Å². The second-order valence-electron chi connectivity index (χ2n) is 5.88. The Labute approximate surface area is 157 Å². The minimum absolute atomic E-state index is 0.209. The third kappa shape index (κ3) is 3.76. The van der Waals surface area contributed by atoms with E-state index in [-0.39, 0.29) is 16.3 Å². The van der Waals surface area contributed by atoms with Gasteiger partial charge < -0.3 is 0 Å². The number of Topliss-reactive ketones (excluding diaryl/α,β-unsaturated/α-hetero) is 1. The Morgan fingerprint density at radius 3 is 2.59 bits per heavy atom.